The van der Waals surface area contributed by atoms with Crippen LogP contribution in [0.2, 0.25) is 0 Å². The molecule has 2 aromatic carbocycles. The van der Waals surface area contributed by atoms with E-state index in [-0.39, 0.29) is 40.4 Å². The SMILES string of the molecule is C[C@H]1CN(CCOc2ccc(N3C(=S)N(c4ccc(C#N)c(C(F)(F)F)c4)C(=O)C3(C)C)cc2CC(F)F)CCN1C(=O)O. The van der Waals surface area contributed by atoms with Gasteiger partial charge in [0.25, 0.3) is 5.91 Å². The topological polar surface area (TPSA) is 100 Å². The highest BCUT2D eigenvalue weighted by Crippen LogP contribution is 2.40. The molecule has 0 radical (unpaired) electrons. The quantitative estimate of drug-likeness (QED) is 0.304. The minimum Gasteiger partial charge on any atom is -0.492 e. The fourth-order valence-electron chi connectivity index (χ4n) is 5.44. The van der Waals surface area contributed by atoms with E-state index in [2.05, 4.69) is 0 Å². The first-order valence-electron chi connectivity index (χ1n) is 13.6. The van der Waals surface area contributed by atoms with E-state index >= 15 is 0 Å². The molecule has 0 aliphatic carbocycles. The highest BCUT2D eigenvalue weighted by molar-refractivity contribution is 7.81. The summed E-state index contributed by atoms with van der Waals surface area (Å²) in [5, 5.41) is 18.2. The van der Waals surface area contributed by atoms with Gasteiger partial charge in [-0.3, -0.25) is 14.6 Å². The molecule has 2 aliphatic heterocycles. The smallest absolute Gasteiger partial charge is 0.417 e. The Kier molecular flexibility index (Phi) is 9.36. The Bertz CT molecular complexity index is 1500. The summed E-state index contributed by atoms with van der Waals surface area (Å²) >= 11 is 5.55. The molecular formula is C29H30F5N5O4S. The molecule has 44 heavy (non-hydrogen) atoms. The fraction of sp³-hybridized carbons (Fsp3) is 0.448. The zero-order valence-corrected chi connectivity index (χ0v) is 24.9. The lowest BCUT2D eigenvalue weighted by atomic mass is 10.0. The Morgan fingerprint density at radius 3 is 2.45 bits per heavy atom. The van der Waals surface area contributed by atoms with E-state index in [0.29, 0.717) is 32.2 Å². The van der Waals surface area contributed by atoms with Gasteiger partial charge in [-0.1, -0.05) is 0 Å². The third-order valence-electron chi connectivity index (χ3n) is 7.65. The van der Waals surface area contributed by atoms with Crippen LogP contribution in [0.4, 0.5) is 38.1 Å². The summed E-state index contributed by atoms with van der Waals surface area (Å²) in [5.41, 5.74) is -3.01. The third kappa shape index (κ3) is 6.56. The maximum absolute atomic E-state index is 13.6. The van der Waals surface area contributed by atoms with Crippen LogP contribution in [0.5, 0.6) is 5.75 Å². The minimum atomic E-state index is -4.86. The number of amides is 2. The van der Waals surface area contributed by atoms with Crippen molar-refractivity contribution in [2.75, 3.05) is 42.6 Å². The van der Waals surface area contributed by atoms with Crippen molar-refractivity contribution in [1.29, 1.82) is 5.26 Å². The number of carboxylic acid groups (broad SMARTS) is 1. The number of thiocarbonyl (C=S) groups is 1. The number of hydrogen-bond donors (Lipinski definition) is 1. The van der Waals surface area contributed by atoms with Gasteiger partial charge in [0.15, 0.2) is 5.11 Å². The van der Waals surface area contributed by atoms with Crippen LogP contribution < -0.4 is 14.5 Å². The standard InChI is InChI=1S/C29H30F5N5O4S/c1-17-16-36(8-9-37(17)27(41)42)10-11-43-23-7-6-21(12-19(23)13-24(30)31)39-26(44)38(25(40)28(39,2)3)20-5-4-18(15-35)22(14-20)29(32,33)34/h4-7,12,14,17,24H,8-11,13,16H2,1-3H3,(H,41,42)/t17-/m0/s1. The predicted octanol–water partition coefficient (Wildman–Crippen LogP) is 5.36. The number of piperazine rings is 1. The zero-order chi connectivity index (χ0) is 32.6. The molecule has 4 rings (SSSR count). The number of rotatable bonds is 8. The largest absolute Gasteiger partial charge is 0.492 e. The molecule has 15 heteroatoms. The maximum atomic E-state index is 13.6. The number of carbonyl (C=O) groups excluding carboxylic acids is 1. The molecule has 2 amide bonds. The van der Waals surface area contributed by atoms with Crippen LogP contribution in [0.25, 0.3) is 0 Å². The molecule has 2 saturated heterocycles. The summed E-state index contributed by atoms with van der Waals surface area (Å²) in [6.07, 6.45) is -9.24. The van der Waals surface area contributed by atoms with Gasteiger partial charge < -0.3 is 19.6 Å². The van der Waals surface area contributed by atoms with Crippen LogP contribution in [0.15, 0.2) is 36.4 Å². The van der Waals surface area contributed by atoms with Gasteiger partial charge in [-0.05, 0) is 69.4 Å². The van der Waals surface area contributed by atoms with Crippen molar-refractivity contribution in [3.05, 3.63) is 53.1 Å². The fourth-order valence-corrected chi connectivity index (χ4v) is 5.96. The van der Waals surface area contributed by atoms with Gasteiger partial charge in [-0.15, -0.1) is 0 Å². The molecule has 0 saturated carbocycles. The van der Waals surface area contributed by atoms with Crippen molar-refractivity contribution in [2.24, 2.45) is 0 Å². The summed E-state index contributed by atoms with van der Waals surface area (Å²) in [7, 11) is 0. The van der Waals surface area contributed by atoms with Crippen LogP contribution in [0.3, 0.4) is 0 Å². The van der Waals surface area contributed by atoms with E-state index in [1.54, 1.807) is 6.92 Å². The van der Waals surface area contributed by atoms with Gasteiger partial charge >= 0.3 is 12.3 Å². The molecule has 2 heterocycles. The molecule has 2 aromatic rings. The van der Waals surface area contributed by atoms with Crippen molar-refractivity contribution in [3.8, 4) is 11.8 Å². The van der Waals surface area contributed by atoms with E-state index in [4.69, 9.17) is 22.2 Å². The Hall–Kier alpha value is -4.03. The monoisotopic (exact) mass is 639 g/mol. The molecular weight excluding hydrogens is 609 g/mol. The van der Waals surface area contributed by atoms with Gasteiger partial charge in [0.2, 0.25) is 6.43 Å². The number of anilines is 2. The molecule has 0 bridgehead atoms. The Balaban J connectivity index is 1.57. The van der Waals surface area contributed by atoms with Gasteiger partial charge in [-0.2, -0.15) is 18.4 Å². The van der Waals surface area contributed by atoms with E-state index in [0.717, 1.165) is 11.0 Å². The van der Waals surface area contributed by atoms with Crippen LogP contribution in [-0.4, -0.2) is 82.8 Å². The number of nitrogens with zero attached hydrogens (tertiary/aromatic N) is 5. The van der Waals surface area contributed by atoms with E-state index in [9.17, 15) is 36.6 Å². The number of ether oxygens (including phenoxy) is 1. The summed E-state index contributed by atoms with van der Waals surface area (Å²) in [6, 6.07) is 8.55. The molecule has 1 atom stereocenters. The molecule has 0 aromatic heterocycles. The van der Waals surface area contributed by atoms with Gasteiger partial charge in [0.05, 0.1) is 22.9 Å². The van der Waals surface area contributed by atoms with Gasteiger partial charge in [0, 0.05) is 49.9 Å². The van der Waals surface area contributed by atoms with E-state index in [1.165, 1.54) is 54.0 Å². The predicted molar refractivity (Wildman–Crippen MR) is 155 cm³/mol. The number of alkyl halides is 5. The summed E-state index contributed by atoms with van der Waals surface area (Å²) in [5.74, 6) is -0.451. The van der Waals surface area contributed by atoms with Crippen molar-refractivity contribution >= 4 is 40.7 Å². The molecule has 0 spiro atoms. The Morgan fingerprint density at radius 2 is 1.86 bits per heavy atom. The van der Waals surface area contributed by atoms with Crippen molar-refractivity contribution in [2.45, 2.75) is 51.4 Å². The maximum Gasteiger partial charge on any atom is 0.417 e. The van der Waals surface area contributed by atoms with E-state index < -0.39 is 47.7 Å². The number of nitriles is 1. The highest BCUT2D eigenvalue weighted by atomic mass is 32.1. The van der Waals surface area contributed by atoms with Crippen molar-refractivity contribution < 1.29 is 41.4 Å². The van der Waals surface area contributed by atoms with Gasteiger partial charge in [-0.25, -0.2) is 13.6 Å². The van der Waals surface area contributed by atoms with Crippen LogP contribution in [0, 0.1) is 11.3 Å². The van der Waals surface area contributed by atoms with Crippen molar-refractivity contribution in [3.63, 3.8) is 0 Å². The van der Waals surface area contributed by atoms with Crippen LogP contribution in [-0.2, 0) is 17.4 Å². The second-order valence-electron chi connectivity index (χ2n) is 11.0. The molecule has 9 nitrogen and oxygen atoms in total. The lowest BCUT2D eigenvalue weighted by Gasteiger charge is -2.38. The normalized spacial score (nSPS) is 19.1. The lowest BCUT2D eigenvalue weighted by molar-refractivity contribution is -0.137. The molecule has 0 unspecified atom stereocenters. The van der Waals surface area contributed by atoms with Crippen LogP contribution >= 0.6 is 12.2 Å². The summed E-state index contributed by atoms with van der Waals surface area (Å²) in [4.78, 5) is 30.5. The molecule has 1 N–H and O–H groups in total. The second kappa shape index (κ2) is 12.5. The van der Waals surface area contributed by atoms with Crippen molar-refractivity contribution in [1.82, 2.24) is 9.80 Å². The molecule has 236 valence electrons. The molecule has 2 fully saturated rings. The average molecular weight is 640 g/mol. The first kappa shape index (κ1) is 32.9. The number of benzene rings is 2. The first-order chi connectivity index (χ1) is 20.6. The minimum absolute atomic E-state index is 0.142. The number of carbonyl (C=O) groups is 2. The summed E-state index contributed by atoms with van der Waals surface area (Å²) in [6.45, 7) is 6.74. The Labute approximate surface area is 256 Å². The zero-order valence-electron chi connectivity index (χ0n) is 24.1. The Morgan fingerprint density at radius 1 is 1.18 bits per heavy atom. The third-order valence-corrected chi connectivity index (χ3v) is 8.02. The molecule has 2 aliphatic rings. The van der Waals surface area contributed by atoms with Gasteiger partial charge in [0.1, 0.15) is 17.9 Å². The van der Waals surface area contributed by atoms with Crippen LogP contribution in [0.1, 0.15) is 37.5 Å². The highest BCUT2D eigenvalue weighted by Gasteiger charge is 2.51. The lowest BCUT2D eigenvalue weighted by Crippen LogP contribution is -2.54. The second-order valence-corrected chi connectivity index (χ2v) is 11.4. The summed E-state index contributed by atoms with van der Waals surface area (Å²) < 4.78 is 74.0. The first-order valence-corrected chi connectivity index (χ1v) is 14.0. The number of halogens is 5. The number of hydrogen-bond acceptors (Lipinski definition) is 6. The van der Waals surface area contributed by atoms with E-state index in [1.807, 2.05) is 4.90 Å². The average Bonchev–Trinajstić information content (AvgIpc) is 3.11.